The summed E-state index contributed by atoms with van der Waals surface area (Å²) in [6.07, 6.45) is 0.886. The van der Waals surface area contributed by atoms with Gasteiger partial charge in [-0.1, -0.05) is 23.2 Å². The molecule has 1 amide bonds. The van der Waals surface area contributed by atoms with Gasteiger partial charge in [0.15, 0.2) is 11.9 Å². The summed E-state index contributed by atoms with van der Waals surface area (Å²) in [4.78, 5) is 27.4. The highest BCUT2D eigenvalue weighted by molar-refractivity contribution is 6.31. The standard InChI is InChI=1S/C23H23Cl2NO4/c1-14-11-17(25)12-19-20(27)13-23(30-21(14)19)7-9-26(10-8-23)22(28)15(2)29-18-5-3-16(24)4-6-18/h3-6,11-12,15H,7-10,13H2,1-2H3. The number of aryl methyl sites for hydroxylation is 1. The summed E-state index contributed by atoms with van der Waals surface area (Å²) in [6.45, 7) is 4.67. The Morgan fingerprint density at radius 2 is 1.80 bits per heavy atom. The Bertz CT molecular complexity index is 981. The van der Waals surface area contributed by atoms with Crippen LogP contribution in [0.3, 0.4) is 0 Å². The number of hydrogen-bond acceptors (Lipinski definition) is 4. The molecule has 1 unspecified atom stereocenters. The van der Waals surface area contributed by atoms with Gasteiger partial charge in [0.1, 0.15) is 17.1 Å². The number of nitrogens with zero attached hydrogens (tertiary/aromatic N) is 1. The SMILES string of the molecule is Cc1cc(Cl)cc2c1OC1(CCN(C(=O)C(C)Oc3ccc(Cl)cc3)CC1)CC2=O. The van der Waals surface area contributed by atoms with Crippen molar-refractivity contribution in [3.8, 4) is 11.5 Å². The highest BCUT2D eigenvalue weighted by atomic mass is 35.5. The third-order valence-corrected chi connectivity index (χ3v) is 6.27. The summed E-state index contributed by atoms with van der Waals surface area (Å²) < 4.78 is 12.1. The van der Waals surface area contributed by atoms with E-state index in [1.807, 2.05) is 6.92 Å². The zero-order valence-electron chi connectivity index (χ0n) is 16.9. The molecule has 30 heavy (non-hydrogen) atoms. The molecule has 5 nitrogen and oxygen atoms in total. The predicted octanol–water partition coefficient (Wildman–Crippen LogP) is 5.10. The lowest BCUT2D eigenvalue weighted by atomic mass is 9.82. The van der Waals surface area contributed by atoms with Gasteiger partial charge in [0.05, 0.1) is 12.0 Å². The van der Waals surface area contributed by atoms with Gasteiger partial charge in [0.25, 0.3) is 5.91 Å². The minimum absolute atomic E-state index is 0.0427. The van der Waals surface area contributed by atoms with Gasteiger partial charge >= 0.3 is 0 Å². The molecule has 0 aromatic heterocycles. The summed E-state index contributed by atoms with van der Waals surface area (Å²) in [6, 6.07) is 10.4. The second kappa shape index (κ2) is 8.12. The van der Waals surface area contributed by atoms with Gasteiger partial charge in [-0.05, 0) is 55.8 Å². The van der Waals surface area contributed by atoms with Crippen molar-refractivity contribution in [3.63, 3.8) is 0 Å². The number of hydrogen-bond donors (Lipinski definition) is 0. The van der Waals surface area contributed by atoms with Crippen molar-refractivity contribution < 1.29 is 19.1 Å². The first-order valence-electron chi connectivity index (χ1n) is 10.00. The second-order valence-electron chi connectivity index (χ2n) is 8.02. The van der Waals surface area contributed by atoms with E-state index in [0.29, 0.717) is 59.5 Å². The smallest absolute Gasteiger partial charge is 0.263 e. The lowest BCUT2D eigenvalue weighted by Crippen LogP contribution is -2.54. The number of halogens is 2. The van der Waals surface area contributed by atoms with Crippen LogP contribution in [0, 0.1) is 6.92 Å². The van der Waals surface area contributed by atoms with E-state index in [1.165, 1.54) is 0 Å². The van der Waals surface area contributed by atoms with E-state index >= 15 is 0 Å². The molecule has 1 fully saturated rings. The molecule has 2 heterocycles. The van der Waals surface area contributed by atoms with Gasteiger partial charge in [-0.15, -0.1) is 0 Å². The van der Waals surface area contributed by atoms with E-state index in [9.17, 15) is 9.59 Å². The fourth-order valence-electron chi connectivity index (χ4n) is 4.15. The van der Waals surface area contributed by atoms with E-state index in [1.54, 1.807) is 48.2 Å². The number of carbonyl (C=O) groups is 2. The summed E-state index contributed by atoms with van der Waals surface area (Å²) in [5.41, 5.74) is 0.835. The molecule has 1 saturated heterocycles. The molecule has 4 rings (SSSR count). The average Bonchev–Trinajstić information content (AvgIpc) is 2.71. The third kappa shape index (κ3) is 4.14. The number of benzene rings is 2. The third-order valence-electron chi connectivity index (χ3n) is 5.80. The lowest BCUT2D eigenvalue weighted by molar-refractivity contribution is -0.141. The maximum atomic E-state index is 12.8. The van der Waals surface area contributed by atoms with Crippen molar-refractivity contribution >= 4 is 34.9 Å². The molecule has 2 aliphatic heterocycles. The fourth-order valence-corrected chi connectivity index (χ4v) is 4.55. The number of ether oxygens (including phenoxy) is 2. The van der Waals surface area contributed by atoms with Crippen LogP contribution in [0.15, 0.2) is 36.4 Å². The number of amides is 1. The van der Waals surface area contributed by atoms with Gasteiger partial charge in [-0.3, -0.25) is 9.59 Å². The first kappa shape index (κ1) is 21.0. The normalized spacial score (nSPS) is 18.5. The zero-order valence-corrected chi connectivity index (χ0v) is 18.4. The van der Waals surface area contributed by atoms with Crippen molar-refractivity contribution in [1.82, 2.24) is 4.90 Å². The molecule has 158 valence electrons. The maximum Gasteiger partial charge on any atom is 0.263 e. The van der Waals surface area contributed by atoms with Crippen LogP contribution in [0.5, 0.6) is 11.5 Å². The Balaban J connectivity index is 1.41. The Labute approximate surface area is 185 Å². The molecule has 2 aromatic carbocycles. The van der Waals surface area contributed by atoms with Gasteiger partial charge in [0, 0.05) is 36.0 Å². The quantitative estimate of drug-likeness (QED) is 0.656. The summed E-state index contributed by atoms with van der Waals surface area (Å²) in [7, 11) is 0. The molecule has 2 aliphatic rings. The number of piperidine rings is 1. The van der Waals surface area contributed by atoms with Crippen molar-refractivity contribution in [2.24, 2.45) is 0 Å². The van der Waals surface area contributed by atoms with Crippen LogP contribution in [0.25, 0.3) is 0 Å². The van der Waals surface area contributed by atoms with Crippen LogP contribution in [0.4, 0.5) is 0 Å². The van der Waals surface area contributed by atoms with Gasteiger partial charge < -0.3 is 14.4 Å². The van der Waals surface area contributed by atoms with E-state index in [-0.39, 0.29) is 11.7 Å². The topological polar surface area (TPSA) is 55.8 Å². The van der Waals surface area contributed by atoms with E-state index in [2.05, 4.69) is 0 Å². The number of Topliss-reactive ketones (excluding diaryl/α,β-unsaturated/α-hetero) is 1. The number of ketones is 1. The molecule has 1 spiro atoms. The summed E-state index contributed by atoms with van der Waals surface area (Å²) >= 11 is 12.0. The summed E-state index contributed by atoms with van der Waals surface area (Å²) in [5.74, 6) is 1.18. The highest BCUT2D eigenvalue weighted by Crippen LogP contribution is 2.42. The van der Waals surface area contributed by atoms with Crippen molar-refractivity contribution in [2.75, 3.05) is 13.1 Å². The molecule has 0 aliphatic carbocycles. The van der Waals surface area contributed by atoms with Crippen molar-refractivity contribution in [2.45, 2.75) is 44.8 Å². The zero-order chi connectivity index (χ0) is 21.5. The van der Waals surface area contributed by atoms with Crippen LogP contribution in [0.2, 0.25) is 10.0 Å². The average molecular weight is 448 g/mol. The molecule has 1 atom stereocenters. The molecule has 0 bridgehead atoms. The number of carbonyl (C=O) groups excluding carboxylic acids is 2. The van der Waals surface area contributed by atoms with E-state index < -0.39 is 11.7 Å². The highest BCUT2D eigenvalue weighted by Gasteiger charge is 2.44. The number of likely N-dealkylation sites (tertiary alicyclic amines) is 1. The largest absolute Gasteiger partial charge is 0.486 e. The van der Waals surface area contributed by atoms with Crippen LogP contribution < -0.4 is 9.47 Å². The van der Waals surface area contributed by atoms with Crippen LogP contribution in [0.1, 0.15) is 42.1 Å². The molecule has 0 saturated carbocycles. The Morgan fingerprint density at radius 1 is 1.13 bits per heavy atom. The van der Waals surface area contributed by atoms with Crippen LogP contribution in [-0.4, -0.2) is 41.4 Å². The van der Waals surface area contributed by atoms with Crippen LogP contribution >= 0.6 is 23.2 Å². The molecule has 0 N–H and O–H groups in total. The van der Waals surface area contributed by atoms with Gasteiger partial charge in [-0.2, -0.15) is 0 Å². The fraction of sp³-hybridized carbons (Fsp3) is 0.391. The second-order valence-corrected chi connectivity index (χ2v) is 8.90. The molecule has 2 aromatic rings. The Hall–Kier alpha value is -2.24. The molecule has 0 radical (unpaired) electrons. The van der Waals surface area contributed by atoms with E-state index in [0.717, 1.165) is 5.56 Å². The monoisotopic (exact) mass is 447 g/mol. The maximum absolute atomic E-state index is 12.8. The minimum Gasteiger partial charge on any atom is -0.486 e. The predicted molar refractivity (Wildman–Crippen MR) is 116 cm³/mol. The first-order chi connectivity index (χ1) is 14.3. The molecule has 7 heteroatoms. The van der Waals surface area contributed by atoms with Crippen molar-refractivity contribution in [1.29, 1.82) is 0 Å². The Kier molecular flexibility index (Phi) is 5.69. The molecular weight excluding hydrogens is 425 g/mol. The Morgan fingerprint density at radius 3 is 2.47 bits per heavy atom. The van der Waals surface area contributed by atoms with Gasteiger partial charge in [0.2, 0.25) is 0 Å². The van der Waals surface area contributed by atoms with Crippen molar-refractivity contribution in [3.05, 3.63) is 57.6 Å². The minimum atomic E-state index is -0.612. The number of fused-ring (bicyclic) bond motifs is 1. The molecular formula is C23H23Cl2NO4. The van der Waals surface area contributed by atoms with Crippen LogP contribution in [-0.2, 0) is 4.79 Å². The lowest BCUT2D eigenvalue weighted by Gasteiger charge is -2.44. The van der Waals surface area contributed by atoms with E-state index in [4.69, 9.17) is 32.7 Å². The van der Waals surface area contributed by atoms with Gasteiger partial charge in [-0.25, -0.2) is 0 Å². The first-order valence-corrected chi connectivity index (χ1v) is 10.8. The number of rotatable bonds is 3. The summed E-state index contributed by atoms with van der Waals surface area (Å²) in [5, 5.41) is 1.15.